The van der Waals surface area contributed by atoms with Crippen molar-refractivity contribution in [2.75, 3.05) is 31.5 Å². The predicted molar refractivity (Wildman–Crippen MR) is 132 cm³/mol. The van der Waals surface area contributed by atoms with E-state index < -0.39 is 0 Å². The van der Waals surface area contributed by atoms with Gasteiger partial charge >= 0.3 is 0 Å². The van der Waals surface area contributed by atoms with Crippen LogP contribution >= 0.6 is 11.6 Å². The molecule has 2 amide bonds. The fraction of sp³-hybridized carbons (Fsp3) is 0.360. The third kappa shape index (κ3) is 5.14. The molecule has 6 nitrogen and oxygen atoms in total. The van der Waals surface area contributed by atoms with Gasteiger partial charge in [-0.3, -0.25) is 9.59 Å². The van der Waals surface area contributed by atoms with Crippen molar-refractivity contribution in [3.8, 4) is 0 Å². The quantitative estimate of drug-likeness (QED) is 0.481. The predicted octanol–water partition coefficient (Wildman–Crippen LogP) is 4.95. The van der Waals surface area contributed by atoms with Gasteiger partial charge in [-0.2, -0.15) is 0 Å². The number of amides is 2. The molecule has 0 saturated carbocycles. The highest BCUT2D eigenvalue weighted by Crippen LogP contribution is 2.29. The number of aromatic nitrogens is 1. The normalized spacial score (nSPS) is 11.2. The van der Waals surface area contributed by atoms with Crippen LogP contribution < -0.4 is 10.6 Å². The molecule has 2 aromatic carbocycles. The highest BCUT2D eigenvalue weighted by molar-refractivity contribution is 6.31. The summed E-state index contributed by atoms with van der Waals surface area (Å²) >= 11 is 6.16. The summed E-state index contributed by atoms with van der Waals surface area (Å²) in [5.41, 5.74) is 3.70. The molecule has 0 atom stereocenters. The van der Waals surface area contributed by atoms with Crippen LogP contribution in [0.1, 0.15) is 47.2 Å². The van der Waals surface area contributed by atoms with Gasteiger partial charge in [0.1, 0.15) is 5.69 Å². The van der Waals surface area contributed by atoms with Gasteiger partial charge in [-0.25, -0.2) is 0 Å². The van der Waals surface area contributed by atoms with E-state index in [4.69, 9.17) is 11.6 Å². The Balaban J connectivity index is 1.70. The number of aryl methyl sites for hydroxylation is 2. The fourth-order valence-corrected chi connectivity index (χ4v) is 4.15. The lowest BCUT2D eigenvalue weighted by Crippen LogP contribution is -2.34. The van der Waals surface area contributed by atoms with Crippen molar-refractivity contribution in [2.45, 2.75) is 34.2 Å². The summed E-state index contributed by atoms with van der Waals surface area (Å²) in [5.74, 6) is -0.304. The summed E-state index contributed by atoms with van der Waals surface area (Å²) in [6.07, 6.45) is 0. The number of carbonyl (C=O) groups is 2. The molecule has 1 heterocycles. The minimum atomic E-state index is -0.187. The molecule has 0 aliphatic rings. The van der Waals surface area contributed by atoms with Crippen molar-refractivity contribution in [3.63, 3.8) is 0 Å². The number of rotatable bonds is 9. The first-order valence-corrected chi connectivity index (χ1v) is 11.5. The van der Waals surface area contributed by atoms with Crippen LogP contribution in [0.5, 0.6) is 0 Å². The Bertz CT molecular complexity index is 1100. The molecular formula is C25H31ClN4O2. The van der Waals surface area contributed by atoms with E-state index in [1.807, 2.05) is 36.6 Å². The number of nitrogens with one attached hydrogen (secondary N) is 2. The summed E-state index contributed by atoms with van der Waals surface area (Å²) in [6, 6.07) is 12.6. The molecule has 3 aromatic rings. The summed E-state index contributed by atoms with van der Waals surface area (Å²) in [6.45, 7) is 12.2. The summed E-state index contributed by atoms with van der Waals surface area (Å²) in [7, 11) is 0. The number of anilines is 1. The zero-order valence-corrected chi connectivity index (χ0v) is 19.9. The van der Waals surface area contributed by atoms with Crippen LogP contribution in [0.25, 0.3) is 10.9 Å². The lowest BCUT2D eigenvalue weighted by atomic mass is 10.1. The van der Waals surface area contributed by atoms with E-state index in [1.54, 1.807) is 24.3 Å². The van der Waals surface area contributed by atoms with Crippen molar-refractivity contribution < 1.29 is 9.59 Å². The van der Waals surface area contributed by atoms with E-state index >= 15 is 0 Å². The van der Waals surface area contributed by atoms with Gasteiger partial charge < -0.3 is 20.1 Å². The van der Waals surface area contributed by atoms with E-state index in [2.05, 4.69) is 29.4 Å². The average Bonchev–Trinajstić information content (AvgIpc) is 3.08. The Morgan fingerprint density at radius 1 is 1.00 bits per heavy atom. The van der Waals surface area contributed by atoms with Gasteiger partial charge in [0.25, 0.3) is 11.8 Å². The first-order chi connectivity index (χ1) is 15.4. The third-order valence-electron chi connectivity index (χ3n) is 5.82. The van der Waals surface area contributed by atoms with Gasteiger partial charge in [0, 0.05) is 46.8 Å². The molecule has 0 bridgehead atoms. The van der Waals surface area contributed by atoms with Gasteiger partial charge in [-0.15, -0.1) is 0 Å². The lowest BCUT2D eigenvalue weighted by Gasteiger charge is -2.18. The van der Waals surface area contributed by atoms with Gasteiger partial charge in [0.05, 0.1) is 0 Å². The number of likely N-dealkylation sites (N-methyl/N-ethyl adjacent to an activating group) is 1. The molecule has 0 spiro atoms. The average molecular weight is 455 g/mol. The van der Waals surface area contributed by atoms with Crippen LogP contribution in [-0.2, 0) is 6.54 Å². The van der Waals surface area contributed by atoms with Gasteiger partial charge in [-0.05, 0) is 75.0 Å². The van der Waals surface area contributed by atoms with Crippen LogP contribution in [0.4, 0.5) is 5.69 Å². The van der Waals surface area contributed by atoms with Crippen LogP contribution in [0.2, 0.25) is 5.02 Å². The minimum absolute atomic E-state index is 0.117. The monoisotopic (exact) mass is 454 g/mol. The summed E-state index contributed by atoms with van der Waals surface area (Å²) < 4.78 is 1.99. The number of carbonyl (C=O) groups excluding carboxylic acids is 2. The number of halogens is 1. The highest BCUT2D eigenvalue weighted by atomic mass is 35.5. The second-order valence-electron chi connectivity index (χ2n) is 7.69. The molecule has 0 aliphatic carbocycles. The summed E-state index contributed by atoms with van der Waals surface area (Å²) in [4.78, 5) is 27.7. The summed E-state index contributed by atoms with van der Waals surface area (Å²) in [5, 5.41) is 7.52. The SMILES string of the molecule is CCN(CC)CCNC(=O)c1ccc(NC(=O)c2c(C)c3cc(Cl)ccc3n2CC)cc1. The van der Waals surface area contributed by atoms with Crippen LogP contribution in [0.3, 0.4) is 0 Å². The van der Waals surface area contributed by atoms with Crippen LogP contribution in [-0.4, -0.2) is 47.5 Å². The fourth-order valence-electron chi connectivity index (χ4n) is 3.98. The Labute approximate surface area is 194 Å². The van der Waals surface area contributed by atoms with Crippen molar-refractivity contribution in [2.24, 2.45) is 0 Å². The molecule has 0 aliphatic heterocycles. The van der Waals surface area contributed by atoms with Gasteiger partial charge in [0.2, 0.25) is 0 Å². The van der Waals surface area contributed by atoms with E-state index in [-0.39, 0.29) is 11.8 Å². The smallest absolute Gasteiger partial charge is 0.272 e. The van der Waals surface area contributed by atoms with E-state index in [1.165, 1.54) is 0 Å². The maximum atomic E-state index is 13.1. The second-order valence-corrected chi connectivity index (χ2v) is 8.13. The van der Waals surface area contributed by atoms with E-state index in [9.17, 15) is 9.59 Å². The van der Waals surface area contributed by atoms with E-state index in [0.717, 1.165) is 36.1 Å². The second kappa shape index (κ2) is 10.7. The zero-order valence-electron chi connectivity index (χ0n) is 19.2. The minimum Gasteiger partial charge on any atom is -0.351 e. The largest absolute Gasteiger partial charge is 0.351 e. The maximum absolute atomic E-state index is 13.1. The Hall–Kier alpha value is -2.83. The Morgan fingerprint density at radius 2 is 1.69 bits per heavy atom. The molecule has 170 valence electrons. The topological polar surface area (TPSA) is 66.4 Å². The van der Waals surface area contributed by atoms with Crippen molar-refractivity contribution in [1.29, 1.82) is 0 Å². The standard InChI is InChI=1S/C25H31ClN4O2/c1-5-29(6-2)15-14-27-24(31)18-8-11-20(12-9-18)28-25(32)23-17(4)21-16-19(26)10-13-22(21)30(23)7-3/h8-13,16H,5-7,14-15H2,1-4H3,(H,27,31)(H,28,32). The van der Waals surface area contributed by atoms with Crippen molar-refractivity contribution >= 4 is 40.0 Å². The molecule has 32 heavy (non-hydrogen) atoms. The number of hydrogen-bond donors (Lipinski definition) is 2. The molecule has 0 saturated heterocycles. The molecule has 0 radical (unpaired) electrons. The molecule has 7 heteroatoms. The molecular weight excluding hydrogens is 424 g/mol. The van der Waals surface area contributed by atoms with E-state index in [0.29, 0.717) is 35.1 Å². The Morgan fingerprint density at radius 3 is 2.31 bits per heavy atom. The number of nitrogens with zero attached hydrogens (tertiary/aromatic N) is 2. The first kappa shape index (κ1) is 23.8. The third-order valence-corrected chi connectivity index (χ3v) is 6.06. The molecule has 0 fully saturated rings. The number of benzene rings is 2. The molecule has 0 unspecified atom stereocenters. The Kier molecular flexibility index (Phi) is 7.94. The first-order valence-electron chi connectivity index (χ1n) is 11.1. The van der Waals surface area contributed by atoms with Gasteiger partial charge in [0.15, 0.2) is 0 Å². The number of hydrogen-bond acceptors (Lipinski definition) is 3. The highest BCUT2D eigenvalue weighted by Gasteiger charge is 2.20. The maximum Gasteiger partial charge on any atom is 0.272 e. The van der Waals surface area contributed by atoms with Gasteiger partial charge in [-0.1, -0.05) is 25.4 Å². The van der Waals surface area contributed by atoms with Crippen LogP contribution in [0.15, 0.2) is 42.5 Å². The number of fused-ring (bicyclic) bond motifs is 1. The zero-order chi connectivity index (χ0) is 23.3. The van der Waals surface area contributed by atoms with Crippen molar-refractivity contribution in [3.05, 3.63) is 64.3 Å². The van der Waals surface area contributed by atoms with Crippen LogP contribution in [0, 0.1) is 6.92 Å². The van der Waals surface area contributed by atoms with Crippen molar-refractivity contribution in [1.82, 2.24) is 14.8 Å². The molecule has 3 rings (SSSR count). The molecule has 2 N–H and O–H groups in total. The lowest BCUT2D eigenvalue weighted by molar-refractivity contribution is 0.0948. The molecule has 1 aromatic heterocycles.